The Kier molecular flexibility index (Phi) is 5.73. The molecule has 0 saturated carbocycles. The Bertz CT molecular complexity index is 1250. The van der Waals surface area contributed by atoms with Gasteiger partial charge in [-0.1, -0.05) is 25.1 Å². The second-order valence-electron chi connectivity index (χ2n) is 7.97. The summed E-state index contributed by atoms with van der Waals surface area (Å²) in [5.74, 6) is -0.927. The Morgan fingerprint density at radius 3 is 2.71 bits per heavy atom. The van der Waals surface area contributed by atoms with Crippen molar-refractivity contribution >= 4 is 16.8 Å². The summed E-state index contributed by atoms with van der Waals surface area (Å²) in [6.45, 7) is 4.02. The van der Waals surface area contributed by atoms with E-state index in [0.717, 1.165) is 13.0 Å². The van der Waals surface area contributed by atoms with Crippen LogP contribution in [0.15, 0.2) is 52.1 Å². The van der Waals surface area contributed by atoms with E-state index in [9.17, 15) is 18.8 Å². The molecule has 0 aliphatic carbocycles. The van der Waals surface area contributed by atoms with Crippen LogP contribution < -0.4 is 11.2 Å². The lowest BCUT2D eigenvalue weighted by Gasteiger charge is -2.39. The number of H-pyrrole nitrogens is 1. The van der Waals surface area contributed by atoms with Crippen molar-refractivity contribution in [3.05, 3.63) is 80.2 Å². The van der Waals surface area contributed by atoms with Crippen LogP contribution in [0.3, 0.4) is 0 Å². The molecule has 31 heavy (non-hydrogen) atoms. The molecular formula is C23H25FN4O3. The van der Waals surface area contributed by atoms with Gasteiger partial charge in [0.05, 0.1) is 23.0 Å². The number of rotatable bonds is 4. The Balaban J connectivity index is 1.67. The van der Waals surface area contributed by atoms with E-state index in [1.807, 2.05) is 7.05 Å². The molecule has 1 fully saturated rings. The van der Waals surface area contributed by atoms with Crippen LogP contribution in [0.5, 0.6) is 0 Å². The number of piperazine rings is 1. The van der Waals surface area contributed by atoms with Crippen LogP contribution >= 0.6 is 0 Å². The highest BCUT2D eigenvalue weighted by Crippen LogP contribution is 2.18. The molecule has 1 aliphatic heterocycles. The van der Waals surface area contributed by atoms with Crippen molar-refractivity contribution in [1.82, 2.24) is 19.4 Å². The number of carbonyl (C=O) groups is 1. The molecule has 162 valence electrons. The van der Waals surface area contributed by atoms with Crippen molar-refractivity contribution in [2.24, 2.45) is 0 Å². The van der Waals surface area contributed by atoms with Crippen LogP contribution in [0.4, 0.5) is 4.39 Å². The first kappa shape index (κ1) is 21.0. The monoisotopic (exact) mass is 424 g/mol. The topological polar surface area (TPSA) is 78.4 Å². The van der Waals surface area contributed by atoms with Crippen LogP contribution in [0.25, 0.3) is 10.9 Å². The van der Waals surface area contributed by atoms with Crippen molar-refractivity contribution in [1.29, 1.82) is 0 Å². The second-order valence-corrected chi connectivity index (χ2v) is 7.97. The molecule has 1 amide bonds. The quantitative estimate of drug-likeness (QED) is 0.695. The molecule has 4 rings (SSSR count). The Hall–Kier alpha value is -3.26. The molecule has 0 radical (unpaired) electrons. The number of fused-ring (bicyclic) bond motifs is 1. The maximum atomic E-state index is 14.6. The van der Waals surface area contributed by atoms with Gasteiger partial charge in [0, 0.05) is 25.7 Å². The van der Waals surface area contributed by atoms with Gasteiger partial charge in [-0.15, -0.1) is 0 Å². The van der Waals surface area contributed by atoms with Crippen LogP contribution in [0, 0.1) is 5.82 Å². The molecule has 0 spiro atoms. The zero-order valence-corrected chi connectivity index (χ0v) is 17.6. The number of aromatic nitrogens is 2. The predicted molar refractivity (Wildman–Crippen MR) is 117 cm³/mol. The van der Waals surface area contributed by atoms with Crippen molar-refractivity contribution in [2.75, 3.05) is 26.7 Å². The third-order valence-corrected chi connectivity index (χ3v) is 6.04. The Morgan fingerprint density at radius 2 is 1.94 bits per heavy atom. The Labute approximate surface area is 178 Å². The van der Waals surface area contributed by atoms with Crippen LogP contribution in [-0.2, 0) is 6.54 Å². The first-order valence-corrected chi connectivity index (χ1v) is 10.4. The van der Waals surface area contributed by atoms with E-state index < -0.39 is 17.1 Å². The van der Waals surface area contributed by atoms with Gasteiger partial charge in [0.2, 0.25) is 0 Å². The highest BCUT2D eigenvalue weighted by Gasteiger charge is 2.28. The van der Waals surface area contributed by atoms with Gasteiger partial charge in [0.15, 0.2) is 0 Å². The highest BCUT2D eigenvalue weighted by atomic mass is 19.1. The van der Waals surface area contributed by atoms with Crippen LogP contribution in [-0.4, -0.2) is 58.0 Å². The molecule has 1 atom stereocenters. The number of benzene rings is 2. The first-order valence-electron chi connectivity index (χ1n) is 10.4. The number of halogens is 1. The van der Waals surface area contributed by atoms with Crippen molar-refractivity contribution in [2.45, 2.75) is 25.9 Å². The summed E-state index contributed by atoms with van der Waals surface area (Å²) < 4.78 is 16.0. The van der Waals surface area contributed by atoms with Crippen LogP contribution in [0.2, 0.25) is 0 Å². The average molecular weight is 424 g/mol. The van der Waals surface area contributed by atoms with Crippen molar-refractivity contribution in [3.8, 4) is 0 Å². The lowest BCUT2D eigenvalue weighted by Crippen LogP contribution is -2.53. The molecule has 2 heterocycles. The number of hydrogen-bond acceptors (Lipinski definition) is 4. The summed E-state index contributed by atoms with van der Waals surface area (Å²) in [4.78, 5) is 43.8. The summed E-state index contributed by atoms with van der Waals surface area (Å²) in [7, 11) is 2.03. The number of carbonyl (C=O) groups excluding carboxylic acids is 1. The van der Waals surface area contributed by atoms with Crippen LogP contribution in [0.1, 0.15) is 29.3 Å². The maximum Gasteiger partial charge on any atom is 0.329 e. The number of likely N-dealkylation sites (N-methyl/N-ethyl adjacent to an activating group) is 1. The molecule has 0 bridgehead atoms. The van der Waals surface area contributed by atoms with Crippen molar-refractivity contribution in [3.63, 3.8) is 0 Å². The predicted octanol–water partition coefficient (Wildman–Crippen LogP) is 2.04. The lowest BCUT2D eigenvalue weighted by molar-refractivity contribution is 0.0537. The molecule has 7 nitrogen and oxygen atoms in total. The SMILES string of the molecule is CCC1CN(C(=O)c2cc(Cn3c(=O)[nH]c(=O)c4ccccc43)ccc2F)CCN1C. The number of aromatic amines is 1. The standard InChI is InChI=1S/C23H25FN4O3/c1-3-16-14-27(11-10-26(16)2)22(30)18-12-15(8-9-19(18)24)13-28-20-7-5-4-6-17(20)21(29)25-23(28)31/h4-9,12,16H,3,10-11,13-14H2,1-2H3,(H,25,29,31). The Morgan fingerprint density at radius 1 is 1.16 bits per heavy atom. The van der Waals surface area contributed by atoms with E-state index in [0.29, 0.717) is 29.6 Å². The normalized spacial score (nSPS) is 17.3. The molecular weight excluding hydrogens is 399 g/mol. The highest BCUT2D eigenvalue weighted by molar-refractivity contribution is 5.94. The van der Waals surface area contributed by atoms with Gasteiger partial charge < -0.3 is 4.90 Å². The smallest absolute Gasteiger partial charge is 0.329 e. The maximum absolute atomic E-state index is 14.6. The number of para-hydroxylation sites is 1. The lowest BCUT2D eigenvalue weighted by atomic mass is 10.1. The van der Waals surface area contributed by atoms with Gasteiger partial charge in [-0.25, -0.2) is 9.18 Å². The minimum Gasteiger partial charge on any atom is -0.336 e. The minimum absolute atomic E-state index is 0.00122. The molecule has 2 aromatic carbocycles. The number of nitrogens with one attached hydrogen (secondary N) is 1. The third-order valence-electron chi connectivity index (χ3n) is 6.04. The molecule has 1 unspecified atom stereocenters. The summed E-state index contributed by atoms with van der Waals surface area (Å²) in [5, 5.41) is 0.392. The molecule has 1 aromatic heterocycles. The fourth-order valence-corrected chi connectivity index (χ4v) is 4.16. The summed E-state index contributed by atoms with van der Waals surface area (Å²) in [6, 6.07) is 11.4. The minimum atomic E-state index is -0.584. The van der Waals surface area contributed by atoms with E-state index >= 15 is 0 Å². The van der Waals surface area contributed by atoms with Crippen molar-refractivity contribution < 1.29 is 9.18 Å². The molecule has 8 heteroatoms. The van der Waals surface area contributed by atoms with E-state index in [4.69, 9.17) is 0 Å². The number of hydrogen-bond donors (Lipinski definition) is 1. The zero-order valence-electron chi connectivity index (χ0n) is 17.6. The molecule has 1 aliphatic rings. The van der Waals surface area contributed by atoms with Gasteiger partial charge in [0.25, 0.3) is 11.5 Å². The van der Waals surface area contributed by atoms with Gasteiger partial charge in [0.1, 0.15) is 5.82 Å². The van der Waals surface area contributed by atoms with E-state index in [-0.39, 0.29) is 24.1 Å². The zero-order chi connectivity index (χ0) is 22.1. The average Bonchev–Trinajstić information content (AvgIpc) is 2.77. The first-order chi connectivity index (χ1) is 14.9. The fourth-order valence-electron chi connectivity index (χ4n) is 4.16. The largest absolute Gasteiger partial charge is 0.336 e. The summed E-state index contributed by atoms with van der Waals surface area (Å²) >= 11 is 0. The van der Waals surface area contributed by atoms with Gasteiger partial charge in [-0.05, 0) is 43.3 Å². The van der Waals surface area contributed by atoms with Gasteiger partial charge in [-0.3, -0.25) is 24.0 Å². The summed E-state index contributed by atoms with van der Waals surface area (Å²) in [6.07, 6.45) is 0.908. The van der Waals surface area contributed by atoms with Gasteiger partial charge in [-0.2, -0.15) is 0 Å². The van der Waals surface area contributed by atoms with Gasteiger partial charge >= 0.3 is 5.69 Å². The second kappa shape index (κ2) is 8.47. The van der Waals surface area contributed by atoms with E-state index in [2.05, 4.69) is 16.8 Å². The molecule has 1 saturated heterocycles. The summed E-state index contributed by atoms with van der Waals surface area (Å²) in [5.41, 5.74) is 0.0836. The molecule has 1 N–H and O–H groups in total. The van der Waals surface area contributed by atoms with E-state index in [1.165, 1.54) is 16.7 Å². The third kappa shape index (κ3) is 4.03. The molecule has 3 aromatic rings. The fraction of sp³-hybridized carbons (Fsp3) is 0.348. The number of amides is 1. The number of nitrogens with zero attached hydrogens (tertiary/aromatic N) is 3. The van der Waals surface area contributed by atoms with E-state index in [1.54, 1.807) is 35.2 Å².